The molecule has 2 aromatic rings. The van der Waals surface area contributed by atoms with Crippen LogP contribution in [-0.2, 0) is 19.2 Å². The van der Waals surface area contributed by atoms with E-state index in [9.17, 15) is 28.4 Å². The molecule has 1 aliphatic rings. The lowest BCUT2D eigenvalue weighted by molar-refractivity contribution is -0.142. The summed E-state index contributed by atoms with van der Waals surface area (Å²) in [5.41, 5.74) is 0.441. The number of Topliss-reactive ketones (excluding diaryl/α,β-unsaturated/α-hetero) is 1. The molecule has 41 heavy (non-hydrogen) atoms. The maximum Gasteiger partial charge on any atom is 0.286 e. The van der Waals surface area contributed by atoms with Crippen molar-refractivity contribution in [3.63, 3.8) is 0 Å². The van der Waals surface area contributed by atoms with E-state index < -0.39 is 35.6 Å². The van der Waals surface area contributed by atoms with E-state index in [0.29, 0.717) is 44.2 Å². The monoisotopic (exact) mass is 571 g/mol. The third-order valence-corrected chi connectivity index (χ3v) is 7.04. The van der Waals surface area contributed by atoms with Gasteiger partial charge in [-0.25, -0.2) is 4.39 Å². The largest absolute Gasteiger partial charge is 0.414 e. The van der Waals surface area contributed by atoms with E-state index in [1.165, 1.54) is 29.2 Å². The van der Waals surface area contributed by atoms with E-state index in [1.54, 1.807) is 13.8 Å². The number of ketones is 1. The molecule has 1 aliphatic heterocycles. The molecule has 0 saturated carbocycles. The van der Waals surface area contributed by atoms with Crippen LogP contribution in [0.2, 0.25) is 0 Å². The lowest BCUT2D eigenvalue weighted by Gasteiger charge is -2.31. The molecule has 1 aromatic heterocycles. The number of benzene rings is 1. The van der Waals surface area contributed by atoms with Crippen LogP contribution in [-0.4, -0.2) is 69.6 Å². The summed E-state index contributed by atoms with van der Waals surface area (Å²) in [6.45, 7) is 7.51. The van der Waals surface area contributed by atoms with Crippen molar-refractivity contribution >= 4 is 29.8 Å². The van der Waals surface area contributed by atoms with Gasteiger partial charge in [0.2, 0.25) is 29.4 Å². The topological polar surface area (TPSA) is 152 Å². The Morgan fingerprint density at radius 3 is 2.34 bits per heavy atom. The number of rotatable bonds is 14. The van der Waals surface area contributed by atoms with Gasteiger partial charge in [0.05, 0.1) is 6.04 Å². The highest BCUT2D eigenvalue weighted by Crippen LogP contribution is 2.23. The summed E-state index contributed by atoms with van der Waals surface area (Å²) in [6, 6.07) is 2.76. The number of hydrogen-bond donors (Lipinski definition) is 2. The standard InChI is InChI=1S/C29H38FN5O6/c1-17(2)23(25(38)28-34-33-27(41-28)19-11-13-20(30)14-12-19)32-26(39)21-9-8-15-35(21)29(40)24(18(3)4)31-22(37)10-6-5-7-16-36/h11-14,16-18,21,23-24H,5-10,15H2,1-4H3,(H,31,37)(H,32,39)/t21-,23?,24?/m0/s1. The number of hydrogen-bond acceptors (Lipinski definition) is 8. The van der Waals surface area contributed by atoms with Crippen molar-refractivity contribution in [1.29, 1.82) is 0 Å². The molecule has 1 aromatic carbocycles. The van der Waals surface area contributed by atoms with Gasteiger partial charge in [0.15, 0.2) is 0 Å². The second kappa shape index (κ2) is 14.6. The molecule has 2 N–H and O–H groups in total. The maximum absolute atomic E-state index is 13.5. The average Bonchev–Trinajstić information content (AvgIpc) is 3.63. The Balaban J connectivity index is 1.68. The van der Waals surface area contributed by atoms with Crippen LogP contribution < -0.4 is 10.6 Å². The number of halogens is 1. The molecule has 2 unspecified atom stereocenters. The fourth-order valence-corrected chi connectivity index (χ4v) is 4.70. The van der Waals surface area contributed by atoms with E-state index in [-0.39, 0.29) is 41.9 Å². The maximum atomic E-state index is 13.5. The molecule has 2 heterocycles. The first kappa shape index (κ1) is 31.6. The van der Waals surface area contributed by atoms with Gasteiger partial charge in [0.1, 0.15) is 24.2 Å². The van der Waals surface area contributed by atoms with E-state index >= 15 is 0 Å². The summed E-state index contributed by atoms with van der Waals surface area (Å²) in [6.07, 6.45) is 3.53. The third kappa shape index (κ3) is 8.27. The lowest BCUT2D eigenvalue weighted by Crippen LogP contribution is -2.57. The zero-order chi connectivity index (χ0) is 30.1. The van der Waals surface area contributed by atoms with Crippen LogP contribution in [0.5, 0.6) is 0 Å². The zero-order valence-corrected chi connectivity index (χ0v) is 23.9. The van der Waals surface area contributed by atoms with Gasteiger partial charge in [-0.2, -0.15) is 0 Å². The second-order valence-electron chi connectivity index (χ2n) is 10.9. The van der Waals surface area contributed by atoms with Gasteiger partial charge in [-0.05, 0) is 61.8 Å². The number of aldehydes is 1. The number of aromatic nitrogens is 2. The van der Waals surface area contributed by atoms with E-state index in [4.69, 9.17) is 4.42 Å². The number of nitrogens with one attached hydrogen (secondary N) is 2. The fourth-order valence-electron chi connectivity index (χ4n) is 4.70. The normalized spacial score (nSPS) is 16.5. The van der Waals surface area contributed by atoms with Crippen molar-refractivity contribution in [1.82, 2.24) is 25.7 Å². The summed E-state index contributed by atoms with van der Waals surface area (Å²) in [5, 5.41) is 13.3. The summed E-state index contributed by atoms with van der Waals surface area (Å²) in [5.74, 6) is -2.93. The molecule has 11 nitrogen and oxygen atoms in total. The Kier molecular flexibility index (Phi) is 11.2. The molecule has 3 amide bonds. The Morgan fingerprint density at radius 2 is 1.71 bits per heavy atom. The summed E-state index contributed by atoms with van der Waals surface area (Å²) < 4.78 is 18.8. The molecule has 3 atom stereocenters. The second-order valence-corrected chi connectivity index (χ2v) is 10.9. The van der Waals surface area contributed by atoms with Crippen molar-refractivity contribution in [3.8, 4) is 11.5 Å². The van der Waals surface area contributed by atoms with Crippen molar-refractivity contribution < 1.29 is 32.8 Å². The zero-order valence-electron chi connectivity index (χ0n) is 23.9. The quantitative estimate of drug-likeness (QED) is 0.199. The molecule has 0 spiro atoms. The van der Waals surface area contributed by atoms with Crippen LogP contribution in [0.3, 0.4) is 0 Å². The van der Waals surface area contributed by atoms with Crippen molar-refractivity contribution in [2.45, 2.75) is 84.3 Å². The van der Waals surface area contributed by atoms with Crippen LogP contribution in [0.25, 0.3) is 11.5 Å². The molecule has 0 aliphatic carbocycles. The third-order valence-electron chi connectivity index (χ3n) is 7.04. The van der Waals surface area contributed by atoms with Crippen LogP contribution in [0.15, 0.2) is 28.7 Å². The van der Waals surface area contributed by atoms with E-state index in [0.717, 1.165) is 6.29 Å². The number of amides is 3. The summed E-state index contributed by atoms with van der Waals surface area (Å²) in [4.78, 5) is 64.6. The molecular formula is C29H38FN5O6. The molecule has 1 saturated heterocycles. The first-order valence-electron chi connectivity index (χ1n) is 14.0. The van der Waals surface area contributed by atoms with Crippen LogP contribution in [0.1, 0.15) is 76.9 Å². The molecule has 0 radical (unpaired) electrons. The van der Waals surface area contributed by atoms with Gasteiger partial charge in [-0.3, -0.25) is 19.2 Å². The first-order chi connectivity index (χ1) is 19.5. The lowest BCUT2D eigenvalue weighted by atomic mass is 9.98. The number of carbonyl (C=O) groups excluding carboxylic acids is 5. The van der Waals surface area contributed by atoms with Crippen LogP contribution in [0, 0.1) is 17.7 Å². The minimum Gasteiger partial charge on any atom is -0.414 e. The molecular weight excluding hydrogens is 533 g/mol. The molecule has 0 bridgehead atoms. The fraction of sp³-hybridized carbons (Fsp3) is 0.552. The summed E-state index contributed by atoms with van der Waals surface area (Å²) in [7, 11) is 0. The van der Waals surface area contributed by atoms with Gasteiger partial charge in [0, 0.05) is 24.9 Å². The SMILES string of the molecule is CC(C)C(NC(=O)[C@@H]1CCCN1C(=O)C(NC(=O)CCCCC=O)C(C)C)C(=O)c1nnc(-c2ccc(F)cc2)o1. The predicted octanol–water partition coefficient (Wildman–Crippen LogP) is 3.09. The van der Waals surface area contributed by atoms with Crippen molar-refractivity contribution in [2.24, 2.45) is 11.8 Å². The Bertz CT molecular complexity index is 1230. The Morgan fingerprint density at radius 1 is 1.02 bits per heavy atom. The van der Waals surface area contributed by atoms with Gasteiger partial charge in [-0.1, -0.05) is 27.7 Å². The number of carbonyl (C=O) groups is 5. The van der Waals surface area contributed by atoms with E-state index in [2.05, 4.69) is 20.8 Å². The number of likely N-dealkylation sites (tertiary alicyclic amines) is 1. The highest BCUT2D eigenvalue weighted by molar-refractivity contribution is 6.00. The van der Waals surface area contributed by atoms with Crippen LogP contribution in [0.4, 0.5) is 4.39 Å². The average molecular weight is 572 g/mol. The minimum atomic E-state index is -0.992. The molecule has 222 valence electrons. The van der Waals surface area contributed by atoms with Crippen molar-refractivity contribution in [2.75, 3.05) is 6.54 Å². The van der Waals surface area contributed by atoms with Crippen LogP contribution >= 0.6 is 0 Å². The minimum absolute atomic E-state index is 0.0419. The molecule has 12 heteroatoms. The van der Waals surface area contributed by atoms with Gasteiger partial charge in [0.25, 0.3) is 5.89 Å². The van der Waals surface area contributed by atoms with Crippen molar-refractivity contribution in [3.05, 3.63) is 36.0 Å². The van der Waals surface area contributed by atoms with Gasteiger partial charge >= 0.3 is 0 Å². The molecule has 1 fully saturated rings. The number of nitrogens with zero attached hydrogens (tertiary/aromatic N) is 3. The predicted molar refractivity (Wildman–Crippen MR) is 147 cm³/mol. The first-order valence-corrected chi connectivity index (χ1v) is 14.0. The highest BCUT2D eigenvalue weighted by atomic mass is 19.1. The Hall–Kier alpha value is -3.96. The van der Waals surface area contributed by atoms with E-state index in [1.807, 2.05) is 13.8 Å². The Labute approximate surface area is 238 Å². The molecule has 3 rings (SSSR count). The smallest absolute Gasteiger partial charge is 0.286 e. The van der Waals surface area contributed by atoms with Gasteiger partial charge < -0.3 is 24.7 Å². The van der Waals surface area contributed by atoms with Gasteiger partial charge in [-0.15, -0.1) is 10.2 Å². The summed E-state index contributed by atoms with van der Waals surface area (Å²) >= 11 is 0. The highest BCUT2D eigenvalue weighted by Gasteiger charge is 2.40. The number of unbranched alkanes of at least 4 members (excludes halogenated alkanes) is 2.